The second-order valence-electron chi connectivity index (χ2n) is 7.70. The van der Waals surface area contributed by atoms with Crippen molar-refractivity contribution in [3.05, 3.63) is 84.0 Å². The molecule has 3 heterocycles. The Morgan fingerprint density at radius 2 is 1.87 bits per heavy atom. The lowest BCUT2D eigenvalue weighted by Crippen LogP contribution is -2.65. The van der Waals surface area contributed by atoms with Crippen LogP contribution in [0.4, 0.5) is 5.69 Å². The third-order valence-electron chi connectivity index (χ3n) is 5.91. The van der Waals surface area contributed by atoms with Gasteiger partial charge in [0.2, 0.25) is 0 Å². The number of aromatic nitrogens is 1. The van der Waals surface area contributed by atoms with Crippen LogP contribution in [0.25, 0.3) is 11.3 Å². The van der Waals surface area contributed by atoms with Crippen molar-refractivity contribution in [2.24, 2.45) is 11.5 Å². The SMILES string of the molecule is NC1C2=C(CNCC2)N(c2ccc(-c3cnco3)cc2)C(N)N1Cc1ccccc1. The van der Waals surface area contributed by atoms with Crippen LogP contribution in [0.5, 0.6) is 0 Å². The average molecular weight is 403 g/mol. The summed E-state index contributed by atoms with van der Waals surface area (Å²) in [6.07, 6.45) is 3.52. The molecule has 0 amide bonds. The van der Waals surface area contributed by atoms with E-state index in [0.29, 0.717) is 6.54 Å². The third-order valence-corrected chi connectivity index (χ3v) is 5.91. The van der Waals surface area contributed by atoms with Gasteiger partial charge in [0.25, 0.3) is 0 Å². The van der Waals surface area contributed by atoms with Gasteiger partial charge in [-0.2, -0.15) is 0 Å². The van der Waals surface area contributed by atoms with Crippen molar-refractivity contribution in [3.8, 4) is 11.3 Å². The van der Waals surface area contributed by atoms with Gasteiger partial charge in [-0.3, -0.25) is 5.73 Å². The lowest BCUT2D eigenvalue weighted by Gasteiger charge is -2.49. The van der Waals surface area contributed by atoms with Crippen LogP contribution in [0.1, 0.15) is 12.0 Å². The first kappa shape index (κ1) is 19.0. The molecule has 0 radical (unpaired) electrons. The Morgan fingerprint density at radius 3 is 2.60 bits per heavy atom. The smallest absolute Gasteiger partial charge is 0.181 e. The quantitative estimate of drug-likeness (QED) is 0.617. The maximum atomic E-state index is 6.81. The van der Waals surface area contributed by atoms with Crippen molar-refractivity contribution in [2.75, 3.05) is 18.0 Å². The molecular formula is C23H26N6O. The van der Waals surface area contributed by atoms with E-state index in [9.17, 15) is 0 Å². The molecule has 7 heteroatoms. The van der Waals surface area contributed by atoms with E-state index >= 15 is 0 Å². The lowest BCUT2D eigenvalue weighted by atomic mass is 9.97. The van der Waals surface area contributed by atoms with Crippen LogP contribution in [-0.4, -0.2) is 35.4 Å². The van der Waals surface area contributed by atoms with Crippen molar-refractivity contribution in [1.29, 1.82) is 0 Å². The monoisotopic (exact) mass is 402 g/mol. The van der Waals surface area contributed by atoms with Gasteiger partial charge < -0.3 is 20.4 Å². The van der Waals surface area contributed by atoms with Crippen LogP contribution in [0.15, 0.2) is 82.9 Å². The Balaban J connectivity index is 1.51. The normalized spacial score (nSPS) is 22.3. The molecule has 0 saturated carbocycles. The summed E-state index contributed by atoms with van der Waals surface area (Å²) in [7, 11) is 0. The Kier molecular flexibility index (Phi) is 5.10. The number of anilines is 1. The molecule has 3 aromatic rings. The topological polar surface area (TPSA) is 96.6 Å². The zero-order chi connectivity index (χ0) is 20.5. The molecule has 0 saturated heterocycles. The Morgan fingerprint density at radius 1 is 1.07 bits per heavy atom. The van der Waals surface area contributed by atoms with Gasteiger partial charge in [-0.1, -0.05) is 30.3 Å². The number of hydrogen-bond acceptors (Lipinski definition) is 7. The molecule has 30 heavy (non-hydrogen) atoms. The van der Waals surface area contributed by atoms with Crippen LogP contribution < -0.4 is 21.7 Å². The first-order valence-corrected chi connectivity index (χ1v) is 10.2. The highest BCUT2D eigenvalue weighted by Gasteiger charge is 2.38. The molecule has 2 aliphatic rings. The Bertz CT molecular complexity index is 1020. The molecule has 154 valence electrons. The minimum Gasteiger partial charge on any atom is -0.444 e. The lowest BCUT2D eigenvalue weighted by molar-refractivity contribution is 0.130. The minimum absolute atomic E-state index is 0.193. The third kappa shape index (κ3) is 3.42. The van der Waals surface area contributed by atoms with Gasteiger partial charge in [-0.05, 0) is 48.4 Å². The van der Waals surface area contributed by atoms with E-state index in [1.54, 1.807) is 6.20 Å². The summed E-state index contributed by atoms with van der Waals surface area (Å²) < 4.78 is 5.42. The van der Waals surface area contributed by atoms with Gasteiger partial charge in [-0.15, -0.1) is 0 Å². The second-order valence-corrected chi connectivity index (χ2v) is 7.70. The fourth-order valence-electron chi connectivity index (χ4n) is 4.36. The molecule has 0 bridgehead atoms. The molecule has 7 nitrogen and oxygen atoms in total. The van der Waals surface area contributed by atoms with Crippen LogP contribution in [0, 0.1) is 0 Å². The Labute approximate surface area is 176 Å². The van der Waals surface area contributed by atoms with E-state index in [-0.39, 0.29) is 12.5 Å². The summed E-state index contributed by atoms with van der Waals surface area (Å²) in [6.45, 7) is 2.39. The number of rotatable bonds is 4. The van der Waals surface area contributed by atoms with Crippen LogP contribution >= 0.6 is 0 Å². The van der Waals surface area contributed by atoms with Crippen molar-refractivity contribution < 1.29 is 4.42 Å². The van der Waals surface area contributed by atoms with E-state index in [4.69, 9.17) is 15.9 Å². The molecule has 1 aromatic heterocycles. The predicted octanol–water partition coefficient (Wildman–Crippen LogP) is 2.44. The summed E-state index contributed by atoms with van der Waals surface area (Å²) in [4.78, 5) is 8.38. The highest BCUT2D eigenvalue weighted by atomic mass is 16.3. The van der Waals surface area contributed by atoms with Gasteiger partial charge >= 0.3 is 0 Å². The van der Waals surface area contributed by atoms with E-state index in [1.165, 1.54) is 23.2 Å². The van der Waals surface area contributed by atoms with Gasteiger partial charge in [0, 0.05) is 30.0 Å². The van der Waals surface area contributed by atoms with Crippen molar-refractivity contribution in [2.45, 2.75) is 25.4 Å². The number of hydrogen-bond donors (Lipinski definition) is 3. The number of oxazole rings is 1. The highest BCUT2D eigenvalue weighted by Crippen LogP contribution is 2.34. The second kappa shape index (κ2) is 8.04. The number of nitrogens with two attached hydrogens (primary N) is 2. The summed E-state index contributed by atoms with van der Waals surface area (Å²) in [5.74, 6) is 0.747. The molecule has 0 aliphatic carbocycles. The van der Waals surface area contributed by atoms with E-state index < -0.39 is 0 Å². The molecule has 2 unspecified atom stereocenters. The summed E-state index contributed by atoms with van der Waals surface area (Å²) in [5, 5.41) is 3.47. The number of benzene rings is 2. The molecule has 2 aliphatic heterocycles. The first-order chi connectivity index (χ1) is 14.7. The number of nitrogens with zero attached hydrogens (tertiary/aromatic N) is 3. The first-order valence-electron chi connectivity index (χ1n) is 10.2. The van der Waals surface area contributed by atoms with Gasteiger partial charge in [-0.25, -0.2) is 9.88 Å². The predicted molar refractivity (Wildman–Crippen MR) is 117 cm³/mol. The van der Waals surface area contributed by atoms with Crippen molar-refractivity contribution in [1.82, 2.24) is 15.2 Å². The zero-order valence-electron chi connectivity index (χ0n) is 16.7. The van der Waals surface area contributed by atoms with Crippen LogP contribution in [0.3, 0.4) is 0 Å². The maximum Gasteiger partial charge on any atom is 0.181 e. The molecular weight excluding hydrogens is 376 g/mol. The number of nitrogens with one attached hydrogen (secondary N) is 1. The van der Waals surface area contributed by atoms with Crippen molar-refractivity contribution >= 4 is 5.69 Å². The van der Waals surface area contributed by atoms with Crippen LogP contribution in [0.2, 0.25) is 0 Å². The van der Waals surface area contributed by atoms with E-state index in [1.807, 2.05) is 30.3 Å². The van der Waals surface area contributed by atoms with Crippen molar-refractivity contribution in [3.63, 3.8) is 0 Å². The molecule has 2 aromatic carbocycles. The van der Waals surface area contributed by atoms with Gasteiger partial charge in [0.1, 0.15) is 6.29 Å². The fourth-order valence-corrected chi connectivity index (χ4v) is 4.36. The largest absolute Gasteiger partial charge is 0.444 e. The van der Waals surface area contributed by atoms with Gasteiger partial charge in [0.05, 0.1) is 12.4 Å². The Hall–Kier alpha value is -2.97. The highest BCUT2D eigenvalue weighted by molar-refractivity contribution is 5.64. The average Bonchev–Trinajstić information content (AvgIpc) is 3.33. The van der Waals surface area contributed by atoms with Crippen LogP contribution in [-0.2, 0) is 6.54 Å². The summed E-state index contributed by atoms with van der Waals surface area (Å²) >= 11 is 0. The minimum atomic E-state index is -0.366. The maximum absolute atomic E-state index is 6.81. The van der Waals surface area contributed by atoms with E-state index in [0.717, 1.165) is 36.5 Å². The van der Waals surface area contributed by atoms with Gasteiger partial charge in [0.15, 0.2) is 12.2 Å². The molecule has 5 N–H and O–H groups in total. The molecule has 2 atom stereocenters. The standard InChI is InChI=1S/C23H26N6O/c24-22-19-10-11-26-12-20(19)29(23(25)28(22)14-16-4-2-1-3-5-16)18-8-6-17(7-9-18)21-13-27-15-30-21/h1-9,13,15,22-23,26H,10-12,14,24-25H2. The molecule has 0 fully saturated rings. The van der Waals surface area contributed by atoms with E-state index in [2.05, 4.69) is 44.4 Å². The zero-order valence-corrected chi connectivity index (χ0v) is 16.7. The summed E-state index contributed by atoms with van der Waals surface area (Å²) in [5.41, 5.74) is 19.2. The fraction of sp³-hybridized carbons (Fsp3) is 0.261. The summed E-state index contributed by atoms with van der Waals surface area (Å²) in [6, 6.07) is 18.6. The molecule has 5 rings (SSSR count). The molecule has 0 spiro atoms.